The van der Waals surface area contributed by atoms with E-state index in [9.17, 15) is 18.0 Å². The molecule has 35 heavy (non-hydrogen) atoms. The summed E-state index contributed by atoms with van der Waals surface area (Å²) in [5, 5.41) is 9.69. The average molecular weight is 490 g/mol. The fraction of sp³-hybridized carbons (Fsp3) is 0.269. The maximum absolute atomic E-state index is 15.4. The Labute approximate surface area is 198 Å². The van der Waals surface area contributed by atoms with Crippen molar-refractivity contribution < 1.29 is 31.9 Å². The van der Waals surface area contributed by atoms with Crippen LogP contribution in [0.5, 0.6) is 0 Å². The summed E-state index contributed by atoms with van der Waals surface area (Å²) < 4.78 is 70.1. The summed E-state index contributed by atoms with van der Waals surface area (Å²) in [7, 11) is 0. The minimum atomic E-state index is -4.56. The number of alkyl halides is 3. The summed E-state index contributed by atoms with van der Waals surface area (Å²) in [6.45, 7) is 4.83. The number of carboxylic acids is 1. The maximum atomic E-state index is 15.4. The smallest absolute Gasteiger partial charge is 0.412 e. The number of rotatable bonds is 6. The third kappa shape index (κ3) is 4.86. The molecule has 0 saturated carbocycles. The number of fused-ring (bicyclic) bond motifs is 3. The quantitative estimate of drug-likeness (QED) is 0.239. The topological polar surface area (TPSA) is 56.3 Å². The largest absolute Gasteiger partial charge is 0.478 e. The van der Waals surface area contributed by atoms with E-state index in [1.165, 1.54) is 0 Å². The van der Waals surface area contributed by atoms with Gasteiger partial charge in [-0.05, 0) is 55.2 Å². The zero-order chi connectivity index (χ0) is 25.5. The van der Waals surface area contributed by atoms with Crippen LogP contribution in [-0.4, -0.2) is 39.7 Å². The van der Waals surface area contributed by atoms with Gasteiger partial charge in [0.25, 0.3) is 0 Å². The molecule has 0 amide bonds. The van der Waals surface area contributed by atoms with Gasteiger partial charge >= 0.3 is 12.1 Å². The summed E-state index contributed by atoms with van der Waals surface area (Å²) in [6.07, 6.45) is -2.66. The Bertz CT molecular complexity index is 1300. The molecule has 1 aliphatic heterocycles. The van der Waals surface area contributed by atoms with E-state index in [2.05, 4.69) is 11.6 Å². The second-order valence-corrected chi connectivity index (χ2v) is 8.68. The van der Waals surface area contributed by atoms with Crippen LogP contribution < -0.4 is 0 Å². The Morgan fingerprint density at radius 1 is 1.23 bits per heavy atom. The van der Waals surface area contributed by atoms with E-state index in [0.29, 0.717) is 12.1 Å². The van der Waals surface area contributed by atoms with Gasteiger partial charge < -0.3 is 10.1 Å². The van der Waals surface area contributed by atoms with Gasteiger partial charge in [-0.15, -0.1) is 0 Å². The minimum absolute atomic E-state index is 0.0175. The summed E-state index contributed by atoms with van der Waals surface area (Å²) >= 11 is 0. The fourth-order valence-electron chi connectivity index (χ4n) is 4.70. The van der Waals surface area contributed by atoms with Crippen molar-refractivity contribution in [3.05, 3.63) is 88.6 Å². The van der Waals surface area contributed by atoms with Crippen LogP contribution in [0.3, 0.4) is 0 Å². The van der Waals surface area contributed by atoms with E-state index < -0.39 is 41.8 Å². The van der Waals surface area contributed by atoms with Crippen molar-refractivity contribution in [3.8, 4) is 0 Å². The standard InChI is InChI=1S/C26H23F5N2O2/c1-14(26(29,30)31)9-10-33-15(2)11-18-17-5-3-4-6-21(17)32-24(18)25(33)23-19(27)12-16(13-20(23)28)7-8-22(34)35/h3-8,12-13,15,25,32H,1,9-11H2,2H3,(H,34,35)/b8-7+. The third-order valence-electron chi connectivity index (χ3n) is 6.38. The molecule has 0 saturated heterocycles. The van der Waals surface area contributed by atoms with E-state index >= 15 is 8.78 Å². The molecule has 4 rings (SSSR count). The first-order chi connectivity index (χ1) is 16.5. The lowest BCUT2D eigenvalue weighted by Gasteiger charge is -2.41. The first-order valence-electron chi connectivity index (χ1n) is 11.0. The predicted octanol–water partition coefficient (Wildman–Crippen LogP) is 6.39. The van der Waals surface area contributed by atoms with Gasteiger partial charge in [0.2, 0.25) is 0 Å². The van der Waals surface area contributed by atoms with E-state index in [-0.39, 0.29) is 23.7 Å². The van der Waals surface area contributed by atoms with Gasteiger partial charge in [-0.25, -0.2) is 13.6 Å². The molecule has 2 aromatic carbocycles. The number of hydrogen-bond donors (Lipinski definition) is 2. The number of nitrogens with zero attached hydrogens (tertiary/aromatic N) is 1. The van der Waals surface area contributed by atoms with Crippen molar-refractivity contribution in [2.75, 3.05) is 6.54 Å². The molecular weight excluding hydrogens is 467 g/mol. The third-order valence-corrected chi connectivity index (χ3v) is 6.38. The van der Waals surface area contributed by atoms with Gasteiger partial charge in [-0.3, -0.25) is 4.90 Å². The highest BCUT2D eigenvalue weighted by Gasteiger charge is 2.40. The van der Waals surface area contributed by atoms with Crippen molar-refractivity contribution in [2.24, 2.45) is 0 Å². The van der Waals surface area contributed by atoms with Crippen LogP contribution in [0.2, 0.25) is 0 Å². The highest BCUT2D eigenvalue weighted by atomic mass is 19.4. The molecule has 4 nitrogen and oxygen atoms in total. The molecule has 2 N–H and O–H groups in total. The highest BCUT2D eigenvalue weighted by molar-refractivity contribution is 5.86. The number of aliphatic carboxylic acids is 1. The Morgan fingerprint density at radius 2 is 1.89 bits per heavy atom. The van der Waals surface area contributed by atoms with Crippen LogP contribution in [0.1, 0.15) is 41.8 Å². The molecule has 0 bridgehead atoms. The molecule has 1 aliphatic rings. The first-order valence-corrected chi connectivity index (χ1v) is 11.0. The van der Waals surface area contributed by atoms with E-state index in [1.54, 1.807) is 4.90 Å². The number of carbonyl (C=O) groups is 1. The predicted molar refractivity (Wildman–Crippen MR) is 123 cm³/mol. The normalized spacial score (nSPS) is 18.8. The van der Waals surface area contributed by atoms with Crippen molar-refractivity contribution in [1.29, 1.82) is 0 Å². The zero-order valence-electron chi connectivity index (χ0n) is 18.8. The molecule has 2 heterocycles. The number of aromatic nitrogens is 1. The number of carboxylic acid groups (broad SMARTS) is 1. The van der Waals surface area contributed by atoms with E-state index in [4.69, 9.17) is 5.11 Å². The van der Waals surface area contributed by atoms with E-state index in [0.717, 1.165) is 40.8 Å². The van der Waals surface area contributed by atoms with Crippen LogP contribution in [0.25, 0.3) is 17.0 Å². The number of H-pyrrole nitrogens is 1. The lowest BCUT2D eigenvalue weighted by atomic mass is 9.87. The summed E-state index contributed by atoms with van der Waals surface area (Å²) in [4.78, 5) is 15.7. The van der Waals surface area contributed by atoms with E-state index in [1.807, 2.05) is 31.2 Å². The minimum Gasteiger partial charge on any atom is -0.478 e. The molecule has 9 heteroatoms. The molecule has 184 valence electrons. The Balaban J connectivity index is 1.84. The SMILES string of the molecule is C=C(CCN1C(C)Cc2c([nH]c3ccccc23)C1c1c(F)cc(/C=C/C(=O)O)cc1F)C(F)(F)F. The lowest BCUT2D eigenvalue weighted by Crippen LogP contribution is -2.44. The molecule has 0 radical (unpaired) electrons. The molecular formula is C26H23F5N2O2. The van der Waals surface area contributed by atoms with Crippen LogP contribution in [-0.2, 0) is 11.2 Å². The molecule has 3 aromatic rings. The number of aromatic amines is 1. The number of halogens is 5. The van der Waals surface area contributed by atoms with Crippen LogP contribution in [0.4, 0.5) is 22.0 Å². The summed E-state index contributed by atoms with van der Waals surface area (Å²) in [5.41, 5.74) is 0.934. The second-order valence-electron chi connectivity index (χ2n) is 8.68. The fourth-order valence-corrected chi connectivity index (χ4v) is 4.70. The molecule has 0 aliphatic carbocycles. The van der Waals surface area contributed by atoms with Gasteiger partial charge in [-0.2, -0.15) is 13.2 Å². The maximum Gasteiger partial charge on any atom is 0.412 e. The molecule has 2 unspecified atom stereocenters. The van der Waals surface area contributed by atoms with Crippen molar-refractivity contribution in [2.45, 2.75) is 38.0 Å². The van der Waals surface area contributed by atoms with Crippen LogP contribution in [0.15, 0.2) is 54.6 Å². The van der Waals surface area contributed by atoms with Crippen LogP contribution >= 0.6 is 0 Å². The van der Waals surface area contributed by atoms with Crippen molar-refractivity contribution >= 4 is 22.9 Å². The monoisotopic (exact) mass is 490 g/mol. The number of nitrogens with one attached hydrogen (secondary N) is 1. The number of para-hydroxylation sites is 1. The number of hydrogen-bond acceptors (Lipinski definition) is 2. The van der Waals surface area contributed by atoms with Gasteiger partial charge in [0, 0.05) is 46.4 Å². The second kappa shape index (κ2) is 9.30. The average Bonchev–Trinajstić information content (AvgIpc) is 3.14. The highest BCUT2D eigenvalue weighted by Crippen LogP contribution is 2.43. The van der Waals surface area contributed by atoms with Crippen molar-refractivity contribution in [3.63, 3.8) is 0 Å². The molecule has 0 spiro atoms. The van der Waals surface area contributed by atoms with Gasteiger partial charge in [0.15, 0.2) is 0 Å². The molecule has 1 aromatic heterocycles. The Hall–Kier alpha value is -3.46. The molecule has 0 fully saturated rings. The van der Waals surface area contributed by atoms with Gasteiger partial charge in [0.1, 0.15) is 11.6 Å². The number of benzene rings is 2. The van der Waals surface area contributed by atoms with Gasteiger partial charge in [0.05, 0.1) is 6.04 Å². The van der Waals surface area contributed by atoms with Crippen LogP contribution in [0, 0.1) is 11.6 Å². The first kappa shape index (κ1) is 24.7. The summed E-state index contributed by atoms with van der Waals surface area (Å²) in [6, 6.07) is 8.09. The van der Waals surface area contributed by atoms with Crippen molar-refractivity contribution in [1.82, 2.24) is 9.88 Å². The molecule has 2 atom stereocenters. The van der Waals surface area contributed by atoms with Gasteiger partial charge in [-0.1, -0.05) is 24.8 Å². The lowest BCUT2D eigenvalue weighted by molar-refractivity contribution is -0.131. The summed E-state index contributed by atoms with van der Waals surface area (Å²) in [5.74, 6) is -3.11. The zero-order valence-corrected chi connectivity index (χ0v) is 18.8. The Morgan fingerprint density at radius 3 is 2.51 bits per heavy atom. The Kier molecular flexibility index (Phi) is 6.55.